The highest BCUT2D eigenvalue weighted by Crippen LogP contribution is 2.23. The lowest BCUT2D eigenvalue weighted by Crippen LogP contribution is -1.99. The van der Waals surface area contributed by atoms with Crippen molar-refractivity contribution in [3.63, 3.8) is 0 Å². The maximum Gasteiger partial charge on any atom is 0.0723 e. The van der Waals surface area contributed by atoms with E-state index in [9.17, 15) is 0 Å². The molecule has 0 bridgehead atoms. The number of aryl methyl sites for hydroxylation is 4. The van der Waals surface area contributed by atoms with Crippen LogP contribution in [-0.4, -0.2) is 6.21 Å². The highest BCUT2D eigenvalue weighted by Gasteiger charge is 2.08. The molecule has 0 aromatic heterocycles. The first-order valence-electron chi connectivity index (χ1n) is 8.27. The van der Waals surface area contributed by atoms with Gasteiger partial charge in [-0.3, -0.25) is 4.99 Å². The van der Waals surface area contributed by atoms with Crippen molar-refractivity contribution in [2.45, 2.75) is 53.5 Å². The third-order valence-corrected chi connectivity index (χ3v) is 4.32. The first-order valence-corrected chi connectivity index (χ1v) is 8.27. The first-order chi connectivity index (χ1) is 10.5. The molecule has 22 heavy (non-hydrogen) atoms. The minimum absolute atomic E-state index is 0.195. The summed E-state index contributed by atoms with van der Waals surface area (Å²) >= 11 is 0. The Labute approximate surface area is 135 Å². The van der Waals surface area contributed by atoms with E-state index >= 15 is 0 Å². The average molecular weight is 293 g/mol. The van der Waals surface area contributed by atoms with Crippen LogP contribution in [0.25, 0.3) is 0 Å². The lowest BCUT2D eigenvalue weighted by Gasteiger charge is -2.14. The van der Waals surface area contributed by atoms with Crippen LogP contribution in [0.4, 0.5) is 0 Å². The zero-order chi connectivity index (χ0) is 16.1. The molecule has 1 atom stereocenters. The van der Waals surface area contributed by atoms with E-state index in [2.05, 4.69) is 71.0 Å². The summed E-state index contributed by atoms with van der Waals surface area (Å²) in [4.78, 5) is 4.81. The lowest BCUT2D eigenvalue weighted by molar-refractivity contribution is 0.805. The van der Waals surface area contributed by atoms with Gasteiger partial charge in [0, 0.05) is 6.21 Å². The second kappa shape index (κ2) is 7.40. The summed E-state index contributed by atoms with van der Waals surface area (Å²) < 4.78 is 0. The molecule has 0 heterocycles. The topological polar surface area (TPSA) is 12.4 Å². The minimum Gasteiger partial charge on any atom is -0.285 e. The fourth-order valence-electron chi connectivity index (χ4n) is 2.76. The molecule has 2 aromatic rings. The van der Waals surface area contributed by atoms with Crippen LogP contribution in [-0.2, 0) is 12.8 Å². The van der Waals surface area contributed by atoms with Gasteiger partial charge in [-0.1, -0.05) is 55.8 Å². The summed E-state index contributed by atoms with van der Waals surface area (Å²) in [6.07, 6.45) is 4.18. The van der Waals surface area contributed by atoms with Gasteiger partial charge in [0.1, 0.15) is 0 Å². The molecular weight excluding hydrogens is 266 g/mol. The number of aliphatic imine (C=N–C) groups is 1. The van der Waals surface area contributed by atoms with Gasteiger partial charge in [-0.25, -0.2) is 0 Å². The quantitative estimate of drug-likeness (QED) is 0.635. The zero-order valence-electron chi connectivity index (χ0n) is 14.5. The number of hydrogen-bond acceptors (Lipinski definition) is 1. The molecular formula is C21H27N. The van der Waals surface area contributed by atoms with Crippen molar-refractivity contribution in [1.82, 2.24) is 0 Å². The molecule has 2 aromatic carbocycles. The zero-order valence-corrected chi connectivity index (χ0v) is 14.5. The van der Waals surface area contributed by atoms with E-state index in [-0.39, 0.29) is 6.04 Å². The van der Waals surface area contributed by atoms with Crippen LogP contribution < -0.4 is 0 Å². The summed E-state index contributed by atoms with van der Waals surface area (Å²) in [5, 5.41) is 0. The summed E-state index contributed by atoms with van der Waals surface area (Å²) in [5.41, 5.74) is 7.95. The molecule has 0 saturated carbocycles. The molecule has 0 aliphatic heterocycles. The molecule has 0 spiro atoms. The fraction of sp³-hybridized carbons (Fsp3) is 0.381. The number of benzene rings is 2. The van der Waals surface area contributed by atoms with Gasteiger partial charge < -0.3 is 0 Å². The van der Waals surface area contributed by atoms with Crippen molar-refractivity contribution in [3.8, 4) is 0 Å². The van der Waals surface area contributed by atoms with Crippen LogP contribution in [0.3, 0.4) is 0 Å². The van der Waals surface area contributed by atoms with Gasteiger partial charge in [0.15, 0.2) is 0 Å². The monoisotopic (exact) mass is 293 g/mol. The lowest BCUT2D eigenvalue weighted by atomic mass is 9.96. The molecule has 0 fully saturated rings. The molecule has 1 unspecified atom stereocenters. The number of hydrogen-bond donors (Lipinski definition) is 0. The van der Waals surface area contributed by atoms with Gasteiger partial charge in [-0.05, 0) is 61.4 Å². The van der Waals surface area contributed by atoms with E-state index in [1.165, 1.54) is 33.4 Å². The van der Waals surface area contributed by atoms with Crippen LogP contribution in [0, 0.1) is 13.8 Å². The normalized spacial score (nSPS) is 12.8. The summed E-state index contributed by atoms with van der Waals surface area (Å²) in [6, 6.07) is 13.5. The van der Waals surface area contributed by atoms with E-state index in [1.54, 1.807) is 0 Å². The van der Waals surface area contributed by atoms with Gasteiger partial charge in [-0.15, -0.1) is 0 Å². The van der Waals surface area contributed by atoms with Gasteiger partial charge in [-0.2, -0.15) is 0 Å². The SMILES string of the molecule is CCc1ccc(C(C)N=Cc2cc(C)ccc2C)c(CC)c1. The molecule has 0 radical (unpaired) electrons. The predicted octanol–water partition coefficient (Wildman–Crippen LogP) is 5.61. The van der Waals surface area contributed by atoms with Crippen molar-refractivity contribution >= 4 is 6.21 Å². The Morgan fingerprint density at radius 1 is 1.00 bits per heavy atom. The van der Waals surface area contributed by atoms with Crippen LogP contribution in [0.1, 0.15) is 60.2 Å². The van der Waals surface area contributed by atoms with Crippen molar-refractivity contribution in [1.29, 1.82) is 0 Å². The van der Waals surface area contributed by atoms with Gasteiger partial charge in [0.05, 0.1) is 6.04 Å². The number of rotatable bonds is 5. The third kappa shape index (κ3) is 3.85. The predicted molar refractivity (Wildman–Crippen MR) is 97.1 cm³/mol. The molecule has 116 valence electrons. The van der Waals surface area contributed by atoms with Crippen LogP contribution in [0.15, 0.2) is 41.4 Å². The standard InChI is InChI=1S/C21H27N/c1-6-18-10-11-21(19(7-2)13-18)17(5)22-14-20-12-15(3)8-9-16(20)4/h8-14,17H,6-7H2,1-5H3. The molecule has 0 amide bonds. The van der Waals surface area contributed by atoms with E-state index in [0.717, 1.165) is 12.8 Å². The Bertz CT molecular complexity index is 668. The van der Waals surface area contributed by atoms with Gasteiger partial charge in [0.25, 0.3) is 0 Å². The third-order valence-electron chi connectivity index (χ3n) is 4.32. The van der Waals surface area contributed by atoms with Crippen LogP contribution in [0.5, 0.6) is 0 Å². The smallest absolute Gasteiger partial charge is 0.0723 e. The first kappa shape index (κ1) is 16.5. The number of nitrogens with zero attached hydrogens (tertiary/aromatic N) is 1. The second-order valence-corrected chi connectivity index (χ2v) is 6.05. The maximum atomic E-state index is 4.81. The van der Waals surface area contributed by atoms with Crippen LogP contribution >= 0.6 is 0 Å². The maximum absolute atomic E-state index is 4.81. The van der Waals surface area contributed by atoms with Crippen molar-refractivity contribution in [3.05, 3.63) is 69.8 Å². The Hall–Kier alpha value is -1.89. The van der Waals surface area contributed by atoms with E-state index in [1.807, 2.05) is 6.21 Å². The average Bonchev–Trinajstić information content (AvgIpc) is 2.54. The van der Waals surface area contributed by atoms with Crippen LogP contribution in [0.2, 0.25) is 0 Å². The molecule has 1 nitrogen and oxygen atoms in total. The molecule has 0 saturated heterocycles. The Balaban J connectivity index is 2.26. The Morgan fingerprint density at radius 3 is 2.45 bits per heavy atom. The molecule has 0 aliphatic rings. The fourth-order valence-corrected chi connectivity index (χ4v) is 2.76. The molecule has 1 heteroatoms. The van der Waals surface area contributed by atoms with Crippen molar-refractivity contribution in [2.24, 2.45) is 4.99 Å². The van der Waals surface area contributed by atoms with E-state index in [4.69, 9.17) is 4.99 Å². The van der Waals surface area contributed by atoms with E-state index in [0.29, 0.717) is 0 Å². The van der Waals surface area contributed by atoms with E-state index < -0.39 is 0 Å². The Morgan fingerprint density at radius 2 is 1.77 bits per heavy atom. The highest BCUT2D eigenvalue weighted by molar-refractivity contribution is 5.82. The highest BCUT2D eigenvalue weighted by atomic mass is 14.8. The summed E-state index contributed by atoms with van der Waals surface area (Å²) in [5.74, 6) is 0. The summed E-state index contributed by atoms with van der Waals surface area (Å²) in [6.45, 7) is 10.9. The second-order valence-electron chi connectivity index (χ2n) is 6.05. The molecule has 2 rings (SSSR count). The molecule has 0 aliphatic carbocycles. The van der Waals surface area contributed by atoms with Gasteiger partial charge in [0.2, 0.25) is 0 Å². The largest absolute Gasteiger partial charge is 0.285 e. The van der Waals surface area contributed by atoms with Crippen molar-refractivity contribution < 1.29 is 0 Å². The minimum atomic E-state index is 0.195. The summed E-state index contributed by atoms with van der Waals surface area (Å²) in [7, 11) is 0. The Kier molecular flexibility index (Phi) is 5.54. The molecule has 0 N–H and O–H groups in total. The van der Waals surface area contributed by atoms with Crippen molar-refractivity contribution in [2.75, 3.05) is 0 Å². The van der Waals surface area contributed by atoms with Gasteiger partial charge >= 0.3 is 0 Å².